The molecule has 0 unspecified atom stereocenters. The van der Waals surface area contributed by atoms with Crippen molar-refractivity contribution in [1.29, 1.82) is 0 Å². The van der Waals surface area contributed by atoms with E-state index in [9.17, 15) is 49.8 Å². The third-order valence-corrected chi connectivity index (χ3v) is 16.7. The standard InChI is InChI=1S/C54H94N6O18/c1-15-38-54(11,70)44(63)31(5)41(58-72-21-19-17-16-18-20-55-50(67)56-35-23-39(75-37(35)27-61)60-26-29(3)47(65)57-51(60)68)28(2)24-52(9,69)46(78-49-42(62)36(59(12)13)22-30(4)73-49)32(6)43(33(7)48(66)76-38)77-40-25-53(10,71-14)45(64)34(8)74-40/h26,28,30-40,42-46,49,61-64,69-70H,15-25,27H2,1-14H3,(H2,55,56,67)(H,57,65,68)/b58-41+/t28-,30-,31+,32+,33-,34+,35+,36+,37-,38-,39-,40+,42-,43+,44-,45+,46-,49+,52-,53-,54-/m1/s1. The van der Waals surface area contributed by atoms with Gasteiger partial charge in [0.2, 0.25) is 0 Å². The fourth-order valence-corrected chi connectivity index (χ4v) is 11.8. The number of methoxy groups -OCH3 is 1. The van der Waals surface area contributed by atoms with Crippen molar-refractivity contribution in [3.8, 4) is 0 Å². The molecule has 0 aliphatic carbocycles. The van der Waals surface area contributed by atoms with Crippen LogP contribution >= 0.6 is 0 Å². The molecule has 9 N–H and O–H groups in total. The number of ether oxygens (including phenoxy) is 7. The van der Waals surface area contributed by atoms with Gasteiger partial charge in [-0.25, -0.2) is 9.59 Å². The Morgan fingerprint density at radius 2 is 1.60 bits per heavy atom. The predicted molar refractivity (Wildman–Crippen MR) is 285 cm³/mol. The van der Waals surface area contributed by atoms with E-state index in [1.165, 1.54) is 24.8 Å². The second kappa shape index (κ2) is 27.9. The first-order valence-corrected chi connectivity index (χ1v) is 27.9. The highest BCUT2D eigenvalue weighted by atomic mass is 16.7. The Morgan fingerprint density at radius 1 is 0.923 bits per heavy atom. The lowest BCUT2D eigenvalue weighted by Gasteiger charge is -2.49. The molecule has 448 valence electrons. The zero-order chi connectivity index (χ0) is 58.2. The summed E-state index contributed by atoms with van der Waals surface area (Å²) in [4.78, 5) is 61.8. The number of carbonyl (C=O) groups is 2. The van der Waals surface area contributed by atoms with E-state index in [1.54, 1.807) is 55.4 Å². The summed E-state index contributed by atoms with van der Waals surface area (Å²) in [5.74, 6) is -4.31. The van der Waals surface area contributed by atoms with Gasteiger partial charge in [0.1, 0.15) is 42.9 Å². The zero-order valence-corrected chi connectivity index (χ0v) is 48.4. The number of amides is 2. The van der Waals surface area contributed by atoms with Gasteiger partial charge in [0, 0.05) is 62.1 Å². The highest BCUT2D eigenvalue weighted by Crippen LogP contribution is 2.41. The number of aryl methyl sites for hydroxylation is 1. The molecule has 5 heterocycles. The lowest BCUT2D eigenvalue weighted by molar-refractivity contribution is -0.317. The minimum Gasteiger partial charge on any atom is -0.459 e. The van der Waals surface area contributed by atoms with Crippen LogP contribution in [-0.4, -0.2) is 200 Å². The van der Waals surface area contributed by atoms with E-state index in [2.05, 4.69) is 20.8 Å². The average Bonchev–Trinajstić information content (AvgIpc) is 3.82. The second-order valence-electron chi connectivity index (χ2n) is 23.4. The number of H-pyrrole nitrogens is 1. The van der Waals surface area contributed by atoms with Crippen molar-refractivity contribution in [1.82, 2.24) is 25.1 Å². The topological polar surface area (TPSA) is 324 Å². The summed E-state index contributed by atoms with van der Waals surface area (Å²) in [6, 6.07) is -1.43. The van der Waals surface area contributed by atoms with Gasteiger partial charge in [0.15, 0.2) is 12.6 Å². The van der Waals surface area contributed by atoms with Gasteiger partial charge in [0.05, 0.1) is 66.0 Å². The van der Waals surface area contributed by atoms with Crippen molar-refractivity contribution >= 4 is 17.7 Å². The normalized spacial score (nSPS) is 40.8. The van der Waals surface area contributed by atoms with Gasteiger partial charge in [-0.05, 0) is 101 Å². The van der Waals surface area contributed by atoms with Gasteiger partial charge >= 0.3 is 17.7 Å². The number of hydrogen-bond acceptors (Lipinski definition) is 20. The van der Waals surface area contributed by atoms with Crippen LogP contribution in [-0.2, 0) is 42.8 Å². The van der Waals surface area contributed by atoms with Gasteiger partial charge < -0.3 is 84.2 Å². The van der Waals surface area contributed by atoms with Gasteiger partial charge in [-0.3, -0.25) is 19.1 Å². The number of aliphatic hydroxyl groups excluding tert-OH is 4. The summed E-state index contributed by atoms with van der Waals surface area (Å²) in [5, 5.41) is 80.3. The maximum absolute atomic E-state index is 14.5. The summed E-state index contributed by atoms with van der Waals surface area (Å²) < 4.78 is 45.0. The Hall–Kier alpha value is -3.63. The van der Waals surface area contributed by atoms with E-state index >= 15 is 0 Å². The van der Waals surface area contributed by atoms with Crippen molar-refractivity contribution < 1.29 is 78.2 Å². The number of carbonyl (C=O) groups excluding carboxylic acids is 2. The molecule has 1 aromatic heterocycles. The van der Waals surface area contributed by atoms with Crippen molar-refractivity contribution in [2.24, 2.45) is 28.8 Å². The Bertz CT molecular complexity index is 2250. The summed E-state index contributed by atoms with van der Waals surface area (Å²) in [6.45, 7) is 18.6. The number of hydrogen-bond donors (Lipinski definition) is 9. The molecule has 2 amide bonds. The summed E-state index contributed by atoms with van der Waals surface area (Å²) in [5.41, 5.74) is -5.46. The van der Waals surface area contributed by atoms with Crippen LogP contribution in [0.25, 0.3) is 0 Å². The predicted octanol–water partition coefficient (Wildman–Crippen LogP) is 1.96. The smallest absolute Gasteiger partial charge is 0.330 e. The molecule has 4 saturated heterocycles. The largest absolute Gasteiger partial charge is 0.459 e. The van der Waals surface area contributed by atoms with Gasteiger partial charge in [-0.15, -0.1) is 0 Å². The minimum absolute atomic E-state index is 0.0586. The van der Waals surface area contributed by atoms with Crippen molar-refractivity contribution in [3.05, 3.63) is 32.6 Å². The van der Waals surface area contributed by atoms with Crippen LogP contribution in [0.2, 0.25) is 0 Å². The molecule has 21 atom stereocenters. The molecule has 4 fully saturated rings. The molecule has 0 saturated carbocycles. The fraction of sp³-hybridized carbons (Fsp3) is 0.870. The number of likely N-dealkylation sites (N-methyl/N-ethyl adjacent to an activating group) is 1. The van der Waals surface area contributed by atoms with Crippen LogP contribution in [0.5, 0.6) is 0 Å². The van der Waals surface area contributed by atoms with Crippen LogP contribution in [0, 0.1) is 30.6 Å². The van der Waals surface area contributed by atoms with Crippen LogP contribution in [0.4, 0.5) is 4.79 Å². The average molecular weight is 1120 g/mol. The molecule has 4 aliphatic rings. The van der Waals surface area contributed by atoms with Crippen molar-refractivity contribution in [2.45, 2.75) is 237 Å². The summed E-state index contributed by atoms with van der Waals surface area (Å²) >= 11 is 0. The molecular weight excluding hydrogens is 1020 g/mol. The van der Waals surface area contributed by atoms with E-state index in [0.29, 0.717) is 49.9 Å². The molecule has 78 heavy (non-hydrogen) atoms. The number of esters is 1. The van der Waals surface area contributed by atoms with E-state index in [4.69, 9.17) is 38.0 Å². The van der Waals surface area contributed by atoms with Gasteiger partial charge in [-0.2, -0.15) is 0 Å². The van der Waals surface area contributed by atoms with E-state index < -0.39 is 144 Å². The molecule has 0 bridgehead atoms. The molecule has 0 radical (unpaired) electrons. The molecule has 24 nitrogen and oxygen atoms in total. The molecule has 4 aliphatic heterocycles. The van der Waals surface area contributed by atoms with Gasteiger partial charge in [-0.1, -0.05) is 39.3 Å². The SMILES string of the molecule is CC[C@H]1OC(=O)[C@H](C)[C@@H](O[C@H]2C[C@@](C)(OC)[C@@H](O)[C@H](C)O2)[C@H](C)[C@@H](O[C@@H]2O[C@H](C)C[C@H](N(C)C)[C@H]2O)[C@](C)(O)C[C@@H](C)/C(=N\OCCCCCCNC(=O)N[C@H]2C[C@H](n3cc(C)c(=O)[nH]c3=O)O[C@@H]2CO)[C@H](C)[C@@H](O)[C@]1(C)O. The molecule has 1 aromatic rings. The van der Waals surface area contributed by atoms with Crippen LogP contribution in [0.15, 0.2) is 20.9 Å². The number of oxime groups is 1. The van der Waals surface area contributed by atoms with Crippen LogP contribution in [0.1, 0.15) is 139 Å². The number of aliphatic hydroxyl groups is 6. The molecule has 5 rings (SSSR count). The maximum Gasteiger partial charge on any atom is 0.330 e. The van der Waals surface area contributed by atoms with Crippen LogP contribution in [0.3, 0.4) is 0 Å². The Balaban J connectivity index is 1.33. The maximum atomic E-state index is 14.5. The highest BCUT2D eigenvalue weighted by Gasteiger charge is 2.53. The Labute approximate surface area is 458 Å². The first-order valence-electron chi connectivity index (χ1n) is 27.9. The fourth-order valence-electron chi connectivity index (χ4n) is 11.8. The number of rotatable bonds is 18. The number of aromatic amines is 1. The summed E-state index contributed by atoms with van der Waals surface area (Å²) in [7, 11) is 5.18. The molecule has 0 spiro atoms. The number of nitrogens with zero attached hydrogens (tertiary/aromatic N) is 3. The number of cyclic esters (lactones) is 1. The number of aromatic nitrogens is 2. The number of nitrogens with one attached hydrogen (secondary N) is 3. The Kier molecular flexibility index (Phi) is 23.3. The first kappa shape index (κ1) is 65.2. The first-order chi connectivity index (χ1) is 36.5. The number of urea groups is 1. The molecular formula is C54H94N6O18. The quantitative estimate of drug-likeness (QED) is 0.0576. The third-order valence-electron chi connectivity index (χ3n) is 16.7. The summed E-state index contributed by atoms with van der Waals surface area (Å²) in [6.07, 6.45) is -7.36. The lowest BCUT2D eigenvalue weighted by atomic mass is 9.73. The third kappa shape index (κ3) is 15.7. The van der Waals surface area contributed by atoms with Crippen molar-refractivity contribution in [3.63, 3.8) is 0 Å². The lowest BCUT2D eigenvalue weighted by Crippen LogP contribution is -2.61. The van der Waals surface area contributed by atoms with Crippen LogP contribution < -0.4 is 21.9 Å². The van der Waals surface area contributed by atoms with E-state index in [1.807, 2.05) is 32.8 Å². The van der Waals surface area contributed by atoms with E-state index in [0.717, 1.165) is 0 Å². The Morgan fingerprint density at radius 3 is 2.24 bits per heavy atom. The number of unbranched alkanes of at least 4 members (excludes halogenated alkanes) is 3. The molecule has 24 heteroatoms. The minimum atomic E-state index is -2.01. The molecule has 0 aromatic carbocycles. The monoisotopic (exact) mass is 1110 g/mol. The highest BCUT2D eigenvalue weighted by molar-refractivity contribution is 5.88. The van der Waals surface area contributed by atoms with Gasteiger partial charge in [0.25, 0.3) is 5.56 Å². The second-order valence-corrected chi connectivity index (χ2v) is 23.4. The van der Waals surface area contributed by atoms with Crippen molar-refractivity contribution in [2.75, 3.05) is 41.0 Å². The zero-order valence-electron chi connectivity index (χ0n) is 48.4. The van der Waals surface area contributed by atoms with E-state index in [-0.39, 0.29) is 44.4 Å².